The zero-order valence-electron chi connectivity index (χ0n) is 26.6. The van der Waals surface area contributed by atoms with Crippen molar-refractivity contribution in [3.63, 3.8) is 0 Å². The summed E-state index contributed by atoms with van der Waals surface area (Å²) in [6.45, 7) is 19.4. The Bertz CT molecular complexity index is 1100. The van der Waals surface area contributed by atoms with E-state index in [4.69, 9.17) is 0 Å². The summed E-state index contributed by atoms with van der Waals surface area (Å²) < 4.78 is 2.50. The van der Waals surface area contributed by atoms with Crippen molar-refractivity contribution in [2.75, 3.05) is 0 Å². The van der Waals surface area contributed by atoms with Gasteiger partial charge in [-0.15, -0.1) is 0 Å². The Balaban J connectivity index is 1.50. The number of rotatable bonds is 8. The summed E-state index contributed by atoms with van der Waals surface area (Å²) in [5, 5.41) is 0. The molecule has 2 heteroatoms. The van der Waals surface area contributed by atoms with Crippen molar-refractivity contribution >= 4 is 31.9 Å². The molecule has 2 saturated carbocycles. The van der Waals surface area contributed by atoms with Gasteiger partial charge in [-0.05, 0) is 120 Å². The van der Waals surface area contributed by atoms with Crippen LogP contribution < -0.4 is 0 Å². The Morgan fingerprint density at radius 2 is 1.00 bits per heavy atom. The van der Waals surface area contributed by atoms with Crippen LogP contribution in [-0.2, 0) is 10.8 Å². The van der Waals surface area contributed by atoms with E-state index < -0.39 is 0 Å². The molecule has 2 atom stereocenters. The summed E-state index contributed by atoms with van der Waals surface area (Å²) >= 11 is 7.82. The molecule has 0 amide bonds. The first-order valence-corrected chi connectivity index (χ1v) is 17.8. The summed E-state index contributed by atoms with van der Waals surface area (Å²) in [6, 6.07) is 14.4. The molecule has 0 aromatic heterocycles. The first-order chi connectivity index (χ1) is 18.6. The molecule has 0 heterocycles. The van der Waals surface area contributed by atoms with Crippen molar-refractivity contribution in [2.24, 2.45) is 34.5 Å². The minimum absolute atomic E-state index is 0.274. The molecule has 0 spiro atoms. The Morgan fingerprint density at radius 3 is 1.32 bits per heavy atom. The number of hydrogen-bond donors (Lipinski definition) is 0. The van der Waals surface area contributed by atoms with Crippen LogP contribution in [0.3, 0.4) is 0 Å². The topological polar surface area (TPSA) is 0 Å². The highest BCUT2D eigenvalue weighted by molar-refractivity contribution is 9.10. The summed E-state index contributed by atoms with van der Waals surface area (Å²) in [5.74, 6) is 3.25. The average molecular weight is 671 g/mol. The van der Waals surface area contributed by atoms with Gasteiger partial charge in [0.15, 0.2) is 0 Å². The highest BCUT2D eigenvalue weighted by atomic mass is 79.9. The SMILES string of the molecule is CC(CCC1C[C@]23CC(CCC(C)CC(C)(C)C)C[C@@]2(C1)c1cc(Br)ccc1-c1ccc(Br)cc13)CC(C)(C)C. The number of halogens is 2. The van der Waals surface area contributed by atoms with Crippen molar-refractivity contribution in [1.29, 1.82) is 0 Å². The van der Waals surface area contributed by atoms with Crippen LogP contribution in [0.2, 0.25) is 0 Å². The largest absolute Gasteiger partial charge is 0.0625 e. The van der Waals surface area contributed by atoms with Crippen LogP contribution in [0, 0.1) is 34.5 Å². The molecule has 0 nitrogen and oxygen atoms in total. The lowest BCUT2D eigenvalue weighted by Gasteiger charge is -2.47. The van der Waals surface area contributed by atoms with Crippen LogP contribution in [0.5, 0.6) is 0 Å². The van der Waals surface area contributed by atoms with Gasteiger partial charge in [-0.25, -0.2) is 0 Å². The average Bonchev–Trinajstić information content (AvgIpc) is 3.31. The fourth-order valence-corrected chi connectivity index (χ4v) is 10.8. The van der Waals surface area contributed by atoms with E-state index >= 15 is 0 Å². The number of hydrogen-bond acceptors (Lipinski definition) is 0. The molecule has 0 saturated heterocycles. The molecule has 0 radical (unpaired) electrons. The zero-order chi connectivity index (χ0) is 29.1. The summed E-state index contributed by atoms with van der Waals surface area (Å²) in [4.78, 5) is 0. The lowest BCUT2D eigenvalue weighted by Crippen LogP contribution is -2.43. The van der Waals surface area contributed by atoms with Gasteiger partial charge in [0.1, 0.15) is 0 Å². The number of benzene rings is 2. The Labute approximate surface area is 263 Å². The Hall–Kier alpha value is -0.600. The normalized spacial score (nSPS) is 28.9. The third-order valence-electron chi connectivity index (χ3n) is 10.8. The molecule has 2 aromatic rings. The molecular formula is C38H54Br2. The van der Waals surface area contributed by atoms with Crippen LogP contribution >= 0.6 is 31.9 Å². The van der Waals surface area contributed by atoms with Crippen molar-refractivity contribution in [3.05, 3.63) is 56.5 Å². The molecule has 3 aliphatic carbocycles. The lowest BCUT2D eigenvalue weighted by molar-refractivity contribution is 0.267. The second kappa shape index (κ2) is 11.2. The molecule has 3 aliphatic rings. The van der Waals surface area contributed by atoms with Gasteiger partial charge in [0.2, 0.25) is 0 Å². The molecule has 0 bridgehead atoms. The Morgan fingerprint density at radius 1 is 0.650 bits per heavy atom. The Kier molecular flexibility index (Phi) is 8.60. The molecular weight excluding hydrogens is 616 g/mol. The molecule has 2 aromatic carbocycles. The van der Waals surface area contributed by atoms with E-state index in [1.165, 1.54) is 84.3 Å². The maximum atomic E-state index is 3.91. The highest BCUT2D eigenvalue weighted by Crippen LogP contribution is 2.72. The van der Waals surface area contributed by atoms with Crippen LogP contribution in [0.15, 0.2) is 45.3 Å². The van der Waals surface area contributed by atoms with Crippen molar-refractivity contribution in [3.8, 4) is 11.1 Å². The third kappa shape index (κ3) is 6.06. The van der Waals surface area contributed by atoms with Crippen LogP contribution in [0.1, 0.15) is 131 Å². The molecule has 0 N–H and O–H groups in total. The van der Waals surface area contributed by atoms with Crippen molar-refractivity contribution in [2.45, 2.75) is 130 Å². The summed E-state index contributed by atoms with van der Waals surface area (Å²) in [7, 11) is 0. The van der Waals surface area contributed by atoms with Gasteiger partial charge in [-0.2, -0.15) is 0 Å². The van der Waals surface area contributed by atoms with E-state index in [0.717, 1.165) is 23.7 Å². The van der Waals surface area contributed by atoms with Gasteiger partial charge in [0.05, 0.1) is 0 Å². The second-order valence-corrected chi connectivity index (χ2v) is 18.8. The standard InChI is InChI=1S/C38H54Br2/c1-25(19-35(3,4)5)9-11-27-21-37-23-28(12-10-26(2)20-36(6,7)8)24-38(37,22-27)34-18-30(40)14-16-32(34)31-15-13-29(39)17-33(31)37/h13-18,25-28H,9-12,19-24H2,1-8H3/t25?,26?,27?,28?,37-,38+. The molecule has 2 fully saturated rings. The van der Waals surface area contributed by atoms with Crippen LogP contribution in [0.25, 0.3) is 11.1 Å². The second-order valence-electron chi connectivity index (χ2n) is 17.0. The molecule has 220 valence electrons. The highest BCUT2D eigenvalue weighted by Gasteiger charge is 2.66. The van der Waals surface area contributed by atoms with Gasteiger partial charge in [0.25, 0.3) is 0 Å². The fourth-order valence-electron chi connectivity index (χ4n) is 10.1. The van der Waals surface area contributed by atoms with E-state index in [1.54, 1.807) is 11.1 Å². The maximum Gasteiger partial charge on any atom is 0.0178 e. The number of fused-ring (bicyclic) bond motifs is 3. The quantitative estimate of drug-likeness (QED) is 0.262. The van der Waals surface area contributed by atoms with E-state index in [0.29, 0.717) is 10.8 Å². The predicted octanol–water partition coefficient (Wildman–Crippen LogP) is 12.9. The smallest absolute Gasteiger partial charge is 0.0178 e. The fraction of sp³-hybridized carbons (Fsp3) is 0.684. The third-order valence-corrected chi connectivity index (χ3v) is 11.8. The molecule has 0 aliphatic heterocycles. The first-order valence-electron chi connectivity index (χ1n) is 16.2. The van der Waals surface area contributed by atoms with Gasteiger partial charge in [-0.1, -0.05) is 125 Å². The zero-order valence-corrected chi connectivity index (χ0v) is 29.8. The van der Waals surface area contributed by atoms with Gasteiger partial charge in [-0.3, -0.25) is 0 Å². The molecule has 2 unspecified atom stereocenters. The van der Waals surface area contributed by atoms with E-state index in [2.05, 4.69) is 124 Å². The van der Waals surface area contributed by atoms with Crippen molar-refractivity contribution in [1.82, 2.24) is 0 Å². The molecule has 40 heavy (non-hydrogen) atoms. The van der Waals surface area contributed by atoms with E-state index in [1.807, 2.05) is 0 Å². The van der Waals surface area contributed by atoms with E-state index in [9.17, 15) is 0 Å². The minimum Gasteiger partial charge on any atom is -0.0625 e. The first kappa shape index (κ1) is 30.8. The van der Waals surface area contributed by atoms with Gasteiger partial charge < -0.3 is 0 Å². The summed E-state index contributed by atoms with van der Waals surface area (Å²) in [5.41, 5.74) is 7.72. The van der Waals surface area contributed by atoms with Crippen LogP contribution in [0.4, 0.5) is 0 Å². The molecule has 5 rings (SSSR count). The van der Waals surface area contributed by atoms with Crippen LogP contribution in [-0.4, -0.2) is 0 Å². The maximum absolute atomic E-state index is 3.91. The summed E-state index contributed by atoms with van der Waals surface area (Å²) in [6.07, 6.45) is 13.7. The monoisotopic (exact) mass is 668 g/mol. The van der Waals surface area contributed by atoms with Gasteiger partial charge in [0, 0.05) is 19.8 Å². The minimum atomic E-state index is 0.274. The van der Waals surface area contributed by atoms with Crippen molar-refractivity contribution < 1.29 is 0 Å². The predicted molar refractivity (Wildman–Crippen MR) is 181 cm³/mol. The van der Waals surface area contributed by atoms with E-state index in [-0.39, 0.29) is 10.8 Å². The van der Waals surface area contributed by atoms with Gasteiger partial charge >= 0.3 is 0 Å². The lowest BCUT2D eigenvalue weighted by atomic mass is 9.55.